The molecule has 0 saturated heterocycles. The van der Waals surface area contributed by atoms with Crippen molar-refractivity contribution in [3.05, 3.63) is 24.3 Å². The topological polar surface area (TPSA) is 64.6 Å². The highest BCUT2D eigenvalue weighted by molar-refractivity contribution is 7.89. The molecule has 0 heterocycles. The van der Waals surface area contributed by atoms with Crippen LogP contribution in [-0.4, -0.2) is 34.0 Å². The maximum Gasteiger partial charge on any atom is 0.573 e. The molecule has 1 N–H and O–H groups in total. The zero-order chi connectivity index (χ0) is 16.1. The molecule has 0 spiro atoms. The fraction of sp³-hybridized carbons (Fsp3) is 0.500. The van der Waals surface area contributed by atoms with Crippen molar-refractivity contribution < 1.29 is 31.1 Å². The SMILES string of the molecule is CCOCC(C)NS(=O)(=O)c1ccccc1OC(F)(F)F. The van der Waals surface area contributed by atoms with Gasteiger partial charge in [0, 0.05) is 12.6 Å². The van der Waals surface area contributed by atoms with E-state index in [0.717, 1.165) is 12.1 Å². The number of alkyl halides is 3. The molecule has 0 bridgehead atoms. The Bertz CT molecular complexity index is 560. The van der Waals surface area contributed by atoms with Gasteiger partial charge in [0.2, 0.25) is 10.0 Å². The third-order valence-electron chi connectivity index (χ3n) is 2.29. The van der Waals surface area contributed by atoms with E-state index in [2.05, 4.69) is 9.46 Å². The molecule has 0 aromatic heterocycles. The standard InChI is InChI=1S/C12H16F3NO4S/c1-3-19-8-9(2)16-21(17,18)11-7-5-4-6-10(11)20-12(13,14)15/h4-7,9,16H,3,8H2,1-2H3. The molecule has 0 aliphatic carbocycles. The molecule has 0 saturated carbocycles. The van der Waals surface area contributed by atoms with Gasteiger partial charge < -0.3 is 9.47 Å². The highest BCUT2D eigenvalue weighted by Gasteiger charge is 2.34. The fourth-order valence-corrected chi connectivity index (χ4v) is 2.90. The van der Waals surface area contributed by atoms with Crippen LogP contribution in [0.5, 0.6) is 5.75 Å². The van der Waals surface area contributed by atoms with E-state index in [9.17, 15) is 21.6 Å². The number of halogens is 3. The van der Waals surface area contributed by atoms with Crippen molar-refractivity contribution in [1.29, 1.82) is 0 Å². The molecule has 9 heteroatoms. The number of hydrogen-bond donors (Lipinski definition) is 1. The van der Waals surface area contributed by atoms with Gasteiger partial charge in [-0.1, -0.05) is 12.1 Å². The van der Waals surface area contributed by atoms with Crippen LogP contribution in [0, 0.1) is 0 Å². The van der Waals surface area contributed by atoms with Crippen molar-refractivity contribution >= 4 is 10.0 Å². The summed E-state index contributed by atoms with van der Waals surface area (Å²) < 4.78 is 72.1. The van der Waals surface area contributed by atoms with Gasteiger partial charge in [-0.05, 0) is 26.0 Å². The van der Waals surface area contributed by atoms with E-state index < -0.39 is 33.1 Å². The van der Waals surface area contributed by atoms with Crippen molar-refractivity contribution in [2.24, 2.45) is 0 Å². The van der Waals surface area contributed by atoms with E-state index in [1.54, 1.807) is 13.8 Å². The summed E-state index contributed by atoms with van der Waals surface area (Å²) in [4.78, 5) is -0.578. The molecule has 1 rings (SSSR count). The van der Waals surface area contributed by atoms with Crippen molar-refractivity contribution in [3.63, 3.8) is 0 Å². The summed E-state index contributed by atoms with van der Waals surface area (Å²) in [6.45, 7) is 3.80. The summed E-state index contributed by atoms with van der Waals surface area (Å²) >= 11 is 0. The predicted octanol–water partition coefficient (Wildman–Crippen LogP) is 2.29. The molecule has 0 aliphatic rings. The van der Waals surface area contributed by atoms with Gasteiger partial charge in [-0.25, -0.2) is 13.1 Å². The number of sulfonamides is 1. The summed E-state index contributed by atoms with van der Waals surface area (Å²) in [6.07, 6.45) is -4.97. The maximum absolute atomic E-state index is 12.3. The second-order valence-corrected chi connectivity index (χ2v) is 5.86. The van der Waals surface area contributed by atoms with E-state index in [1.165, 1.54) is 12.1 Å². The average Bonchev–Trinajstić information content (AvgIpc) is 2.34. The lowest BCUT2D eigenvalue weighted by atomic mass is 10.3. The molecule has 1 unspecified atom stereocenters. The first kappa shape index (κ1) is 17.7. The van der Waals surface area contributed by atoms with Crippen LogP contribution in [0.3, 0.4) is 0 Å². The van der Waals surface area contributed by atoms with Crippen molar-refractivity contribution in [1.82, 2.24) is 4.72 Å². The first-order chi connectivity index (χ1) is 9.65. The van der Waals surface area contributed by atoms with Crippen molar-refractivity contribution in [2.45, 2.75) is 31.1 Å². The molecular weight excluding hydrogens is 311 g/mol. The minimum absolute atomic E-state index is 0.109. The number of ether oxygens (including phenoxy) is 2. The second kappa shape index (κ2) is 7.10. The smallest absolute Gasteiger partial charge is 0.404 e. The Morgan fingerprint density at radius 1 is 1.29 bits per heavy atom. The largest absolute Gasteiger partial charge is 0.573 e. The lowest BCUT2D eigenvalue weighted by Gasteiger charge is -2.17. The van der Waals surface area contributed by atoms with Gasteiger partial charge in [-0.15, -0.1) is 13.2 Å². The lowest BCUT2D eigenvalue weighted by Crippen LogP contribution is -2.36. The van der Waals surface area contributed by atoms with E-state index in [-0.39, 0.29) is 6.61 Å². The summed E-state index contributed by atoms with van der Waals surface area (Å²) in [6, 6.07) is 3.95. The van der Waals surface area contributed by atoms with Gasteiger partial charge in [-0.2, -0.15) is 0 Å². The minimum atomic E-state index is -4.97. The lowest BCUT2D eigenvalue weighted by molar-refractivity contribution is -0.275. The monoisotopic (exact) mass is 327 g/mol. The van der Waals surface area contributed by atoms with Gasteiger partial charge in [-0.3, -0.25) is 0 Å². The van der Waals surface area contributed by atoms with E-state index in [0.29, 0.717) is 6.61 Å². The Morgan fingerprint density at radius 3 is 2.48 bits per heavy atom. The first-order valence-electron chi connectivity index (χ1n) is 6.10. The normalized spacial score (nSPS) is 14.0. The second-order valence-electron chi connectivity index (χ2n) is 4.18. The van der Waals surface area contributed by atoms with Crippen LogP contribution in [0.1, 0.15) is 13.8 Å². The van der Waals surface area contributed by atoms with E-state index >= 15 is 0 Å². The van der Waals surface area contributed by atoms with Gasteiger partial charge >= 0.3 is 6.36 Å². The number of nitrogens with one attached hydrogen (secondary N) is 1. The fourth-order valence-electron chi connectivity index (χ4n) is 1.54. The van der Waals surface area contributed by atoms with Crippen LogP contribution in [0.4, 0.5) is 13.2 Å². The predicted molar refractivity (Wildman–Crippen MR) is 69.4 cm³/mol. The summed E-state index contributed by atoms with van der Waals surface area (Å²) in [7, 11) is -4.15. The van der Waals surface area contributed by atoms with Gasteiger partial charge in [0.15, 0.2) is 0 Å². The zero-order valence-electron chi connectivity index (χ0n) is 11.5. The molecule has 5 nitrogen and oxygen atoms in total. The number of benzene rings is 1. The van der Waals surface area contributed by atoms with Crippen LogP contribution in [-0.2, 0) is 14.8 Å². The molecule has 0 aliphatic heterocycles. The van der Waals surface area contributed by atoms with Gasteiger partial charge in [0.25, 0.3) is 0 Å². The minimum Gasteiger partial charge on any atom is -0.404 e. The van der Waals surface area contributed by atoms with Crippen LogP contribution in [0.25, 0.3) is 0 Å². The Morgan fingerprint density at radius 2 is 1.90 bits per heavy atom. The molecule has 1 aromatic rings. The van der Waals surface area contributed by atoms with Crippen molar-refractivity contribution in [3.8, 4) is 5.75 Å². The highest BCUT2D eigenvalue weighted by atomic mass is 32.2. The summed E-state index contributed by atoms with van der Waals surface area (Å²) in [5.74, 6) is -0.777. The van der Waals surface area contributed by atoms with Crippen molar-refractivity contribution in [2.75, 3.05) is 13.2 Å². The van der Waals surface area contributed by atoms with Gasteiger partial charge in [0.05, 0.1) is 6.61 Å². The Hall–Kier alpha value is -1.32. The van der Waals surface area contributed by atoms with Crippen LogP contribution in [0.2, 0.25) is 0 Å². The van der Waals surface area contributed by atoms with Crippen LogP contribution in [0.15, 0.2) is 29.2 Å². The number of rotatable bonds is 7. The van der Waals surface area contributed by atoms with Gasteiger partial charge in [0.1, 0.15) is 10.6 Å². The third-order valence-corrected chi connectivity index (χ3v) is 3.92. The Labute approximate surface area is 121 Å². The summed E-state index contributed by atoms with van der Waals surface area (Å²) in [5.41, 5.74) is 0. The first-order valence-corrected chi connectivity index (χ1v) is 7.59. The molecule has 21 heavy (non-hydrogen) atoms. The molecule has 0 fully saturated rings. The quantitative estimate of drug-likeness (QED) is 0.834. The van der Waals surface area contributed by atoms with Crippen LogP contribution < -0.4 is 9.46 Å². The Kier molecular flexibility index (Phi) is 5.99. The number of hydrogen-bond acceptors (Lipinski definition) is 4. The Balaban J connectivity index is 2.98. The zero-order valence-corrected chi connectivity index (χ0v) is 12.3. The van der Waals surface area contributed by atoms with E-state index in [4.69, 9.17) is 4.74 Å². The summed E-state index contributed by atoms with van der Waals surface area (Å²) in [5, 5.41) is 0. The molecular formula is C12H16F3NO4S. The van der Waals surface area contributed by atoms with Crippen LogP contribution >= 0.6 is 0 Å². The average molecular weight is 327 g/mol. The number of para-hydroxylation sites is 1. The maximum atomic E-state index is 12.3. The third kappa shape index (κ3) is 5.90. The molecule has 0 amide bonds. The molecule has 0 radical (unpaired) electrons. The highest BCUT2D eigenvalue weighted by Crippen LogP contribution is 2.29. The van der Waals surface area contributed by atoms with E-state index in [1.807, 2.05) is 0 Å². The molecule has 120 valence electrons. The molecule has 1 aromatic carbocycles. The molecule has 1 atom stereocenters.